The van der Waals surface area contributed by atoms with E-state index in [1.54, 1.807) is 0 Å². The highest BCUT2D eigenvalue weighted by molar-refractivity contribution is 7.11. The van der Waals surface area contributed by atoms with E-state index in [-0.39, 0.29) is 0 Å². The maximum Gasteiger partial charge on any atom is 0.303 e. The first-order valence-electron chi connectivity index (χ1n) is 15.3. The molecule has 3 nitrogen and oxygen atoms in total. The van der Waals surface area contributed by atoms with Gasteiger partial charge in [-0.2, -0.15) is 4.78 Å². The van der Waals surface area contributed by atoms with Crippen LogP contribution in [0.2, 0.25) is 0 Å². The van der Waals surface area contributed by atoms with Crippen molar-refractivity contribution in [1.82, 2.24) is 4.67 Å². The fraction of sp³-hybridized carbons (Fsp3) is 0.0769. The summed E-state index contributed by atoms with van der Waals surface area (Å²) in [6.07, 6.45) is 0.941. The van der Waals surface area contributed by atoms with Gasteiger partial charge in [-0.3, -0.25) is 4.67 Å². The molecule has 0 saturated carbocycles. The molecule has 0 radical (unpaired) electrons. The van der Waals surface area contributed by atoms with Crippen molar-refractivity contribution in [2.75, 3.05) is 6.54 Å². The SMILES string of the molecule is CCCN(N=N[Si](c1ccccc1)(c1ccccc1)c1ccccc1)[Si](c1ccccc1)(c1ccccc1)c1ccccc1. The van der Waals surface area contributed by atoms with Crippen LogP contribution in [0.15, 0.2) is 192 Å². The van der Waals surface area contributed by atoms with Crippen molar-refractivity contribution < 1.29 is 0 Å². The number of rotatable bonds is 11. The monoisotopic (exact) mass is 603 g/mol. The van der Waals surface area contributed by atoms with E-state index >= 15 is 0 Å². The molecule has 0 spiro atoms. The molecular weight excluding hydrogens is 567 g/mol. The van der Waals surface area contributed by atoms with Gasteiger partial charge in [-0.05, 0) is 37.5 Å². The molecule has 5 heteroatoms. The Bertz CT molecular complexity index is 1560. The molecule has 216 valence electrons. The molecule has 0 heterocycles. The lowest BCUT2D eigenvalue weighted by Crippen LogP contribution is -2.76. The van der Waals surface area contributed by atoms with Crippen molar-refractivity contribution in [1.29, 1.82) is 0 Å². The van der Waals surface area contributed by atoms with Crippen LogP contribution in [0, 0.1) is 0 Å². The van der Waals surface area contributed by atoms with E-state index in [1.807, 2.05) is 0 Å². The van der Waals surface area contributed by atoms with Gasteiger partial charge in [0.05, 0.1) is 0 Å². The van der Waals surface area contributed by atoms with Crippen molar-refractivity contribution in [2.45, 2.75) is 13.3 Å². The Morgan fingerprint density at radius 2 is 0.682 bits per heavy atom. The Morgan fingerprint density at radius 3 is 0.955 bits per heavy atom. The minimum absolute atomic E-state index is 0.775. The number of hydrogen-bond acceptors (Lipinski definition) is 2. The van der Waals surface area contributed by atoms with Gasteiger partial charge in [-0.1, -0.05) is 194 Å². The lowest BCUT2D eigenvalue weighted by Gasteiger charge is -2.41. The highest BCUT2D eigenvalue weighted by atomic mass is 28.3. The van der Waals surface area contributed by atoms with Crippen molar-refractivity contribution in [2.24, 2.45) is 10.0 Å². The second kappa shape index (κ2) is 13.6. The standard InChI is InChI=1S/C39H37N3Si2/c1-2-33-42(44(37-27-15-6-16-28-37,38-29-17-7-18-30-38)39-31-19-8-20-32-39)40-41-43(34-21-9-3-10-22-34,35-23-11-4-12-24-35)36-25-13-5-14-26-36/h3-32H,2,33H2,1H3. The summed E-state index contributed by atoms with van der Waals surface area (Å²) in [5.74, 6) is 0. The van der Waals surface area contributed by atoms with Gasteiger partial charge in [0, 0.05) is 6.54 Å². The van der Waals surface area contributed by atoms with E-state index in [2.05, 4.69) is 194 Å². The van der Waals surface area contributed by atoms with E-state index in [0.29, 0.717) is 0 Å². The molecule has 44 heavy (non-hydrogen) atoms. The highest BCUT2D eigenvalue weighted by Gasteiger charge is 2.47. The highest BCUT2D eigenvalue weighted by Crippen LogP contribution is 2.18. The predicted molar refractivity (Wildman–Crippen MR) is 190 cm³/mol. The average molecular weight is 604 g/mol. The summed E-state index contributed by atoms with van der Waals surface area (Å²) in [5.41, 5.74) is 0. The van der Waals surface area contributed by atoms with Crippen LogP contribution in [0.5, 0.6) is 0 Å². The molecular formula is C39H37N3Si2. The fourth-order valence-electron chi connectivity index (χ4n) is 6.31. The largest absolute Gasteiger partial charge is 0.303 e. The van der Waals surface area contributed by atoms with Gasteiger partial charge in [-0.25, -0.2) is 0 Å². The van der Waals surface area contributed by atoms with E-state index in [1.165, 1.54) is 31.1 Å². The van der Waals surface area contributed by atoms with Gasteiger partial charge in [0.15, 0.2) is 0 Å². The summed E-state index contributed by atoms with van der Waals surface area (Å²) in [4.78, 5) is 0. The molecule has 0 saturated heterocycles. The Kier molecular flexibility index (Phi) is 9.06. The lowest BCUT2D eigenvalue weighted by molar-refractivity contribution is 0.434. The van der Waals surface area contributed by atoms with Crippen LogP contribution in [0.3, 0.4) is 0 Å². The number of nitrogens with zero attached hydrogens (tertiary/aromatic N) is 3. The molecule has 0 aliphatic rings. The van der Waals surface area contributed by atoms with E-state index in [9.17, 15) is 0 Å². The Labute approximate surface area is 263 Å². The fourth-order valence-corrected chi connectivity index (χ4v) is 14.7. The third-order valence-corrected chi connectivity index (χ3v) is 16.8. The van der Waals surface area contributed by atoms with Crippen LogP contribution in [0.1, 0.15) is 13.3 Å². The van der Waals surface area contributed by atoms with Gasteiger partial charge in [0.1, 0.15) is 0 Å². The first-order chi connectivity index (χ1) is 21.8. The molecule has 0 atom stereocenters. The predicted octanol–water partition coefficient (Wildman–Crippen LogP) is 5.40. The molecule has 0 bridgehead atoms. The zero-order valence-electron chi connectivity index (χ0n) is 25.1. The van der Waals surface area contributed by atoms with Crippen molar-refractivity contribution in [3.8, 4) is 0 Å². The zero-order chi connectivity index (χ0) is 30.1. The molecule has 0 amide bonds. The maximum absolute atomic E-state index is 5.65. The number of hydrogen-bond donors (Lipinski definition) is 0. The van der Waals surface area contributed by atoms with Crippen molar-refractivity contribution in [3.05, 3.63) is 182 Å². The van der Waals surface area contributed by atoms with Crippen LogP contribution in [0.4, 0.5) is 0 Å². The molecule has 6 aromatic carbocycles. The summed E-state index contributed by atoms with van der Waals surface area (Å²) in [6, 6.07) is 65.2. The van der Waals surface area contributed by atoms with Gasteiger partial charge in [0.2, 0.25) is 0 Å². The van der Waals surface area contributed by atoms with Crippen LogP contribution in [-0.4, -0.2) is 27.7 Å². The minimum atomic E-state index is -2.96. The summed E-state index contributed by atoms with van der Waals surface area (Å²) in [7, 11) is -5.84. The Morgan fingerprint density at radius 1 is 0.409 bits per heavy atom. The summed E-state index contributed by atoms with van der Waals surface area (Å²) < 4.78 is 8.03. The Hall–Kier alpha value is -4.85. The second-order valence-electron chi connectivity index (χ2n) is 10.9. The average Bonchev–Trinajstić information content (AvgIpc) is 3.12. The van der Waals surface area contributed by atoms with E-state index in [0.717, 1.165) is 13.0 Å². The molecule has 6 aromatic rings. The Balaban J connectivity index is 1.67. The summed E-state index contributed by atoms with van der Waals surface area (Å²) in [5, 5.41) is 13.0. The zero-order valence-corrected chi connectivity index (χ0v) is 27.1. The first kappa shape index (κ1) is 29.2. The van der Waals surface area contributed by atoms with Crippen molar-refractivity contribution >= 4 is 47.6 Å². The van der Waals surface area contributed by atoms with Gasteiger partial charge in [-0.15, -0.1) is 0 Å². The van der Waals surface area contributed by atoms with E-state index in [4.69, 9.17) is 10.0 Å². The molecule has 0 N–H and O–H groups in total. The molecule has 0 aromatic heterocycles. The topological polar surface area (TPSA) is 28.0 Å². The smallest absolute Gasteiger partial charge is 0.292 e. The summed E-state index contributed by atoms with van der Waals surface area (Å²) in [6.45, 7) is 3.01. The third-order valence-electron chi connectivity index (χ3n) is 8.27. The quantitative estimate of drug-likeness (QED) is 0.0844. The molecule has 0 aliphatic carbocycles. The molecule has 0 fully saturated rings. The van der Waals surface area contributed by atoms with E-state index < -0.39 is 16.5 Å². The van der Waals surface area contributed by atoms with Crippen LogP contribution in [-0.2, 0) is 0 Å². The molecule has 0 aliphatic heterocycles. The number of benzene rings is 6. The molecule has 6 rings (SSSR count). The van der Waals surface area contributed by atoms with Gasteiger partial charge < -0.3 is 0 Å². The van der Waals surface area contributed by atoms with Gasteiger partial charge >= 0.3 is 8.24 Å². The summed E-state index contributed by atoms with van der Waals surface area (Å²) >= 11 is 0. The molecule has 0 unspecified atom stereocenters. The van der Waals surface area contributed by atoms with Crippen LogP contribution >= 0.6 is 0 Å². The maximum atomic E-state index is 5.65. The van der Waals surface area contributed by atoms with Crippen LogP contribution in [0.25, 0.3) is 0 Å². The second-order valence-corrected chi connectivity index (χ2v) is 18.0. The van der Waals surface area contributed by atoms with Gasteiger partial charge in [0.25, 0.3) is 8.24 Å². The normalized spacial score (nSPS) is 11.8. The van der Waals surface area contributed by atoms with Crippen molar-refractivity contribution in [3.63, 3.8) is 0 Å². The minimum Gasteiger partial charge on any atom is -0.292 e. The first-order valence-corrected chi connectivity index (χ1v) is 19.2. The third kappa shape index (κ3) is 5.48. The lowest BCUT2D eigenvalue weighted by atomic mass is 10.3. The van der Waals surface area contributed by atoms with Crippen LogP contribution < -0.4 is 31.1 Å².